The van der Waals surface area contributed by atoms with E-state index in [9.17, 15) is 26.3 Å². The second-order valence-corrected chi connectivity index (χ2v) is 10.3. The van der Waals surface area contributed by atoms with Crippen LogP contribution in [0.5, 0.6) is 0 Å². The first-order valence-electron chi connectivity index (χ1n) is 8.56. The molecule has 3 aromatic rings. The van der Waals surface area contributed by atoms with E-state index in [0.29, 0.717) is 16.2 Å². The van der Waals surface area contributed by atoms with E-state index in [4.69, 9.17) is 11.8 Å². The fraction of sp³-hybridized carbons (Fsp3) is 0.0952. The topological polar surface area (TPSA) is 12.4 Å². The summed E-state index contributed by atoms with van der Waals surface area (Å²) in [5, 5.41) is 0.690. The molecule has 3 aromatic carbocycles. The summed E-state index contributed by atoms with van der Waals surface area (Å²) < 4.78 is 82.0. The van der Waals surface area contributed by atoms with E-state index >= 15 is 0 Å². The minimum absolute atomic E-state index is 0.345. The van der Waals surface area contributed by atoms with E-state index in [0.717, 1.165) is 24.3 Å². The number of rotatable bonds is 4. The fourth-order valence-electron chi connectivity index (χ4n) is 2.67. The summed E-state index contributed by atoms with van der Waals surface area (Å²) >= 11 is 5.76. The third-order valence-electron chi connectivity index (χ3n) is 4.26. The van der Waals surface area contributed by atoms with Crippen LogP contribution < -0.4 is 10.6 Å². The van der Waals surface area contributed by atoms with Gasteiger partial charge in [-0.3, -0.25) is 4.76 Å². The molecule has 0 heterocycles. The molecule has 0 aromatic heterocycles. The highest BCUT2D eigenvalue weighted by molar-refractivity contribution is 8.21. The summed E-state index contributed by atoms with van der Waals surface area (Å²) in [5.41, 5.74) is -0.968. The van der Waals surface area contributed by atoms with Gasteiger partial charge in [-0.2, -0.15) is 26.3 Å². The van der Waals surface area contributed by atoms with Gasteiger partial charge in [0.1, 0.15) is 6.19 Å². The lowest BCUT2D eigenvalue weighted by molar-refractivity contribution is -0.138. The smallest absolute Gasteiger partial charge is 0.251 e. The summed E-state index contributed by atoms with van der Waals surface area (Å²) in [5.74, 6) is 0. The number of nitrogens with zero attached hydrogens (tertiary/aromatic N) is 1. The predicted octanol–water partition coefficient (Wildman–Crippen LogP) is 6.19. The molecule has 3 rings (SSSR count). The van der Waals surface area contributed by atoms with E-state index in [1.54, 1.807) is 30.3 Å². The van der Waals surface area contributed by atoms with Gasteiger partial charge in [0.25, 0.3) is 0 Å². The van der Waals surface area contributed by atoms with Crippen LogP contribution in [0.25, 0.3) is 0 Å². The Morgan fingerprint density at radius 1 is 0.633 bits per heavy atom. The van der Waals surface area contributed by atoms with Crippen molar-refractivity contribution in [2.75, 3.05) is 0 Å². The van der Waals surface area contributed by atoms with Gasteiger partial charge in [0, 0.05) is 16.8 Å². The molecule has 0 spiro atoms. The van der Waals surface area contributed by atoms with E-state index < -0.39 is 29.7 Å². The van der Waals surface area contributed by atoms with Crippen LogP contribution in [-0.4, -0.2) is 6.21 Å². The van der Waals surface area contributed by atoms with E-state index in [1.807, 2.05) is 0 Å². The van der Waals surface area contributed by atoms with Crippen molar-refractivity contribution in [2.45, 2.75) is 12.4 Å². The number of halogens is 6. The van der Waals surface area contributed by atoms with Gasteiger partial charge in [-0.05, 0) is 29.8 Å². The Hall–Kier alpha value is -2.44. The second kappa shape index (κ2) is 8.36. The highest BCUT2D eigenvalue weighted by Crippen LogP contribution is 2.46. The van der Waals surface area contributed by atoms with Crippen molar-refractivity contribution >= 4 is 34.8 Å². The Kier molecular flexibility index (Phi) is 6.20. The molecule has 0 aliphatic rings. The van der Waals surface area contributed by atoms with Crippen molar-refractivity contribution in [1.29, 1.82) is 0 Å². The van der Waals surface area contributed by atoms with Crippen LogP contribution in [0, 0.1) is 0 Å². The van der Waals surface area contributed by atoms with Gasteiger partial charge in [-0.25, -0.2) is 0 Å². The van der Waals surface area contributed by atoms with Crippen molar-refractivity contribution in [3.05, 3.63) is 95.6 Å². The lowest BCUT2D eigenvalue weighted by atomic mass is 10.2. The van der Waals surface area contributed by atoms with Crippen molar-refractivity contribution in [1.82, 2.24) is 0 Å². The average Bonchev–Trinajstić information content (AvgIpc) is 2.72. The number of alkyl halides is 6. The summed E-state index contributed by atoms with van der Waals surface area (Å²) in [6.07, 6.45) is -10.6. The van der Waals surface area contributed by atoms with Crippen molar-refractivity contribution in [3.8, 4) is 0 Å². The first kappa shape index (κ1) is 22.2. The zero-order chi connectivity index (χ0) is 22.0. The molecule has 0 saturated heterocycles. The summed E-state index contributed by atoms with van der Waals surface area (Å²) in [6, 6.07) is 17.5. The zero-order valence-corrected chi connectivity index (χ0v) is 16.9. The van der Waals surface area contributed by atoms with Crippen LogP contribution >= 0.6 is 6.19 Å². The highest BCUT2D eigenvalue weighted by Gasteiger charge is 2.32. The molecule has 9 heteroatoms. The molecule has 0 unspecified atom stereocenters. The molecule has 0 aliphatic carbocycles. The maximum absolute atomic E-state index is 12.9. The third kappa shape index (κ3) is 4.99. The molecule has 0 fully saturated rings. The Morgan fingerprint density at radius 2 is 1.03 bits per heavy atom. The standard InChI is InChI=1S/C21H14F6NPS/c22-20(23,24)16-6-10-18(11-7-16)29(30,28-14-15-4-2-1-3-5-15)19-12-8-17(9-13-19)21(25,26)27/h1-14H/b28-14+. The van der Waals surface area contributed by atoms with Gasteiger partial charge >= 0.3 is 12.4 Å². The normalized spacial score (nSPS) is 13.0. The van der Waals surface area contributed by atoms with Crippen LogP contribution in [0.15, 0.2) is 83.6 Å². The van der Waals surface area contributed by atoms with Gasteiger partial charge in [0.05, 0.1) is 11.1 Å². The van der Waals surface area contributed by atoms with E-state index in [2.05, 4.69) is 4.76 Å². The maximum Gasteiger partial charge on any atom is 0.416 e. The predicted molar refractivity (Wildman–Crippen MR) is 110 cm³/mol. The Morgan fingerprint density at radius 3 is 1.40 bits per heavy atom. The summed E-state index contributed by atoms with van der Waals surface area (Å²) in [7, 11) is 0. The molecule has 0 radical (unpaired) electrons. The van der Waals surface area contributed by atoms with Gasteiger partial charge < -0.3 is 0 Å². The van der Waals surface area contributed by atoms with Gasteiger partial charge in [0.2, 0.25) is 0 Å². The first-order valence-corrected chi connectivity index (χ1v) is 11.3. The molecular formula is C21H14F6NPS. The zero-order valence-electron chi connectivity index (χ0n) is 15.2. The first-order chi connectivity index (χ1) is 14.0. The molecule has 0 bridgehead atoms. The van der Waals surface area contributed by atoms with Crippen LogP contribution in [0.4, 0.5) is 26.3 Å². The molecule has 156 valence electrons. The molecule has 30 heavy (non-hydrogen) atoms. The molecule has 0 atom stereocenters. The van der Waals surface area contributed by atoms with Crippen molar-refractivity contribution in [2.24, 2.45) is 4.76 Å². The maximum atomic E-state index is 12.9. The summed E-state index contributed by atoms with van der Waals surface area (Å²) in [4.78, 5) is 0. The molecule has 1 nitrogen and oxygen atoms in total. The Balaban J connectivity index is 2.09. The quantitative estimate of drug-likeness (QED) is 0.259. The minimum atomic E-state index is -4.51. The SMILES string of the molecule is FC(F)(F)c1ccc(P(=S)(/N=C/c2ccccc2)c2ccc(C(F)(F)F)cc2)cc1. The molecular weight excluding hydrogens is 443 g/mol. The average molecular weight is 457 g/mol. The van der Waals surface area contributed by atoms with Crippen LogP contribution in [0.2, 0.25) is 0 Å². The number of hydrogen-bond acceptors (Lipinski definition) is 1. The van der Waals surface area contributed by atoms with Gasteiger partial charge in [-0.1, -0.05) is 66.4 Å². The molecule has 0 amide bonds. The minimum Gasteiger partial charge on any atom is -0.251 e. The number of benzene rings is 3. The van der Waals surface area contributed by atoms with Crippen molar-refractivity contribution < 1.29 is 26.3 Å². The lowest BCUT2D eigenvalue weighted by Gasteiger charge is -2.20. The summed E-state index contributed by atoms with van der Waals surface area (Å²) in [6.45, 7) is 0. The number of hydrogen-bond donors (Lipinski definition) is 0. The monoisotopic (exact) mass is 457 g/mol. The van der Waals surface area contributed by atoms with Gasteiger partial charge in [0.15, 0.2) is 0 Å². The van der Waals surface area contributed by atoms with E-state index in [-0.39, 0.29) is 0 Å². The fourth-order valence-corrected chi connectivity index (χ4v) is 5.51. The van der Waals surface area contributed by atoms with Crippen LogP contribution in [0.1, 0.15) is 16.7 Å². The lowest BCUT2D eigenvalue weighted by Crippen LogP contribution is -2.17. The molecule has 0 aliphatic heterocycles. The molecule has 0 saturated carbocycles. The third-order valence-corrected chi connectivity index (χ3v) is 8.24. The van der Waals surface area contributed by atoms with Crippen LogP contribution in [0.3, 0.4) is 0 Å². The van der Waals surface area contributed by atoms with E-state index in [1.165, 1.54) is 30.5 Å². The largest absolute Gasteiger partial charge is 0.416 e. The molecule has 0 N–H and O–H groups in total. The highest BCUT2D eigenvalue weighted by atomic mass is 32.4. The Labute approximate surface area is 174 Å². The van der Waals surface area contributed by atoms with Crippen molar-refractivity contribution in [3.63, 3.8) is 0 Å². The Bertz CT molecular complexity index is 1010. The van der Waals surface area contributed by atoms with Gasteiger partial charge in [-0.15, -0.1) is 0 Å². The van der Waals surface area contributed by atoms with Crippen LogP contribution in [-0.2, 0) is 24.2 Å². The second-order valence-electron chi connectivity index (χ2n) is 6.32.